The van der Waals surface area contributed by atoms with E-state index in [4.69, 9.17) is 0 Å². The molecule has 7 nitrogen and oxygen atoms in total. The van der Waals surface area contributed by atoms with Gasteiger partial charge in [-0.25, -0.2) is 13.1 Å². The summed E-state index contributed by atoms with van der Waals surface area (Å²) in [4.78, 5) is 14.4. The Morgan fingerprint density at radius 2 is 1.96 bits per heavy atom. The number of rotatable bonds is 5. The lowest BCUT2D eigenvalue weighted by Gasteiger charge is -2.15. The standard InChI is InChI=1S/C15H17N3O4S/c1-10-8-13(18(19)20)9-15(11(10)2)23(21,22)17-12(3)14-6-4-5-7-16-14/h4-9,12,17H,1-3H3/t12-/m1/s1. The van der Waals surface area contributed by atoms with Gasteiger partial charge < -0.3 is 0 Å². The molecule has 2 aromatic rings. The Balaban J connectivity index is 2.42. The average molecular weight is 335 g/mol. The molecule has 0 fully saturated rings. The summed E-state index contributed by atoms with van der Waals surface area (Å²) in [6.07, 6.45) is 1.57. The molecule has 1 aromatic heterocycles. The van der Waals surface area contributed by atoms with Crippen molar-refractivity contribution in [3.8, 4) is 0 Å². The van der Waals surface area contributed by atoms with Gasteiger partial charge in [-0.2, -0.15) is 0 Å². The fourth-order valence-electron chi connectivity index (χ4n) is 2.18. The van der Waals surface area contributed by atoms with Crippen LogP contribution in [-0.2, 0) is 10.0 Å². The summed E-state index contributed by atoms with van der Waals surface area (Å²) in [6, 6.07) is 7.08. The van der Waals surface area contributed by atoms with Crippen molar-refractivity contribution in [3.05, 3.63) is 63.5 Å². The summed E-state index contributed by atoms with van der Waals surface area (Å²) in [5, 5.41) is 11.0. The minimum Gasteiger partial charge on any atom is -0.260 e. The molecular formula is C15H17N3O4S. The Morgan fingerprint density at radius 1 is 1.26 bits per heavy atom. The van der Waals surface area contributed by atoms with Crippen LogP contribution in [0.2, 0.25) is 0 Å². The van der Waals surface area contributed by atoms with Crippen LogP contribution in [0.4, 0.5) is 5.69 Å². The molecule has 23 heavy (non-hydrogen) atoms. The number of nitro benzene ring substituents is 1. The third-order valence-electron chi connectivity index (χ3n) is 3.57. The molecule has 0 aliphatic carbocycles. The number of nitrogens with one attached hydrogen (secondary N) is 1. The molecular weight excluding hydrogens is 318 g/mol. The maximum absolute atomic E-state index is 12.6. The van der Waals surface area contributed by atoms with Gasteiger partial charge in [-0.3, -0.25) is 15.1 Å². The van der Waals surface area contributed by atoms with Crippen molar-refractivity contribution in [1.29, 1.82) is 0 Å². The van der Waals surface area contributed by atoms with E-state index in [0.29, 0.717) is 16.8 Å². The van der Waals surface area contributed by atoms with Gasteiger partial charge >= 0.3 is 0 Å². The summed E-state index contributed by atoms with van der Waals surface area (Å²) in [7, 11) is -3.91. The van der Waals surface area contributed by atoms with Gasteiger partial charge in [-0.1, -0.05) is 6.07 Å². The third kappa shape index (κ3) is 3.72. The predicted octanol–water partition coefficient (Wildman–Crippen LogP) is 2.65. The number of hydrogen-bond donors (Lipinski definition) is 1. The van der Waals surface area contributed by atoms with E-state index in [1.54, 1.807) is 45.2 Å². The Hall–Kier alpha value is -2.32. The van der Waals surface area contributed by atoms with Gasteiger partial charge in [0.25, 0.3) is 5.69 Å². The Kier molecular flexibility index (Phi) is 4.76. The number of benzene rings is 1. The molecule has 2 rings (SSSR count). The number of nitrogens with zero attached hydrogens (tertiary/aromatic N) is 2. The van der Waals surface area contributed by atoms with Crippen molar-refractivity contribution in [2.24, 2.45) is 0 Å². The monoisotopic (exact) mass is 335 g/mol. The molecule has 0 unspecified atom stereocenters. The van der Waals surface area contributed by atoms with Gasteiger partial charge in [0.1, 0.15) is 0 Å². The Labute approximate surface area is 134 Å². The van der Waals surface area contributed by atoms with Crippen LogP contribution in [0.1, 0.15) is 29.8 Å². The topological polar surface area (TPSA) is 102 Å². The van der Waals surface area contributed by atoms with E-state index in [9.17, 15) is 18.5 Å². The molecule has 1 atom stereocenters. The first-order chi connectivity index (χ1) is 10.7. The molecule has 0 saturated carbocycles. The lowest BCUT2D eigenvalue weighted by Crippen LogP contribution is -2.28. The highest BCUT2D eigenvalue weighted by atomic mass is 32.2. The normalized spacial score (nSPS) is 12.8. The van der Waals surface area contributed by atoms with Crippen LogP contribution in [0.3, 0.4) is 0 Å². The summed E-state index contributed by atoms with van der Waals surface area (Å²) < 4.78 is 27.7. The SMILES string of the molecule is Cc1cc([N+](=O)[O-])cc(S(=O)(=O)N[C@H](C)c2ccccn2)c1C. The zero-order valence-electron chi connectivity index (χ0n) is 13.0. The highest BCUT2D eigenvalue weighted by Crippen LogP contribution is 2.26. The van der Waals surface area contributed by atoms with E-state index < -0.39 is 21.0 Å². The number of nitro groups is 1. The number of non-ortho nitro benzene ring substituents is 1. The van der Waals surface area contributed by atoms with E-state index in [1.165, 1.54) is 6.07 Å². The molecule has 122 valence electrons. The number of aromatic nitrogens is 1. The fourth-order valence-corrected chi connectivity index (χ4v) is 3.74. The lowest BCUT2D eigenvalue weighted by atomic mass is 10.1. The minimum absolute atomic E-state index is 0.0908. The van der Waals surface area contributed by atoms with Crippen LogP contribution in [-0.4, -0.2) is 18.3 Å². The van der Waals surface area contributed by atoms with Crippen molar-refractivity contribution >= 4 is 15.7 Å². The van der Waals surface area contributed by atoms with Crippen LogP contribution in [0, 0.1) is 24.0 Å². The van der Waals surface area contributed by atoms with Crippen molar-refractivity contribution in [2.75, 3.05) is 0 Å². The molecule has 0 aliphatic heterocycles. The highest BCUT2D eigenvalue weighted by Gasteiger charge is 2.24. The summed E-state index contributed by atoms with van der Waals surface area (Å²) in [5.41, 5.74) is 1.34. The molecule has 1 N–H and O–H groups in total. The van der Waals surface area contributed by atoms with Crippen LogP contribution in [0.15, 0.2) is 41.4 Å². The first-order valence-electron chi connectivity index (χ1n) is 6.91. The molecule has 0 amide bonds. The maximum Gasteiger partial charge on any atom is 0.271 e. The minimum atomic E-state index is -3.91. The van der Waals surface area contributed by atoms with Crippen LogP contribution in [0.25, 0.3) is 0 Å². The molecule has 0 spiro atoms. The average Bonchev–Trinajstić information content (AvgIpc) is 2.49. The Bertz CT molecular complexity index is 835. The predicted molar refractivity (Wildman–Crippen MR) is 85.5 cm³/mol. The van der Waals surface area contributed by atoms with Gasteiger partial charge in [0.2, 0.25) is 10.0 Å². The lowest BCUT2D eigenvalue weighted by molar-refractivity contribution is -0.385. The largest absolute Gasteiger partial charge is 0.271 e. The van der Waals surface area contributed by atoms with Gasteiger partial charge in [0, 0.05) is 18.3 Å². The van der Waals surface area contributed by atoms with Gasteiger partial charge in [-0.15, -0.1) is 0 Å². The molecule has 0 aliphatic rings. The smallest absolute Gasteiger partial charge is 0.260 e. The van der Waals surface area contributed by atoms with E-state index in [2.05, 4.69) is 9.71 Å². The first kappa shape index (κ1) is 17.0. The van der Waals surface area contributed by atoms with E-state index >= 15 is 0 Å². The highest BCUT2D eigenvalue weighted by molar-refractivity contribution is 7.89. The van der Waals surface area contributed by atoms with Crippen LogP contribution in [0.5, 0.6) is 0 Å². The second-order valence-corrected chi connectivity index (χ2v) is 6.92. The van der Waals surface area contributed by atoms with Crippen LogP contribution >= 0.6 is 0 Å². The number of sulfonamides is 1. The maximum atomic E-state index is 12.6. The summed E-state index contributed by atoms with van der Waals surface area (Å²) >= 11 is 0. The van der Waals surface area contributed by atoms with Gasteiger partial charge in [-0.05, 0) is 44.0 Å². The van der Waals surface area contributed by atoms with Gasteiger partial charge in [0.15, 0.2) is 0 Å². The third-order valence-corrected chi connectivity index (χ3v) is 5.24. The van der Waals surface area contributed by atoms with E-state index in [0.717, 1.165) is 6.07 Å². The van der Waals surface area contributed by atoms with Crippen molar-refractivity contribution in [2.45, 2.75) is 31.7 Å². The van der Waals surface area contributed by atoms with Crippen molar-refractivity contribution in [1.82, 2.24) is 9.71 Å². The molecule has 0 radical (unpaired) electrons. The van der Waals surface area contributed by atoms with Crippen molar-refractivity contribution < 1.29 is 13.3 Å². The second kappa shape index (κ2) is 6.43. The summed E-state index contributed by atoms with van der Waals surface area (Å²) in [6.45, 7) is 4.93. The molecule has 1 heterocycles. The summed E-state index contributed by atoms with van der Waals surface area (Å²) in [5.74, 6) is 0. The van der Waals surface area contributed by atoms with Gasteiger partial charge in [0.05, 0.1) is 21.6 Å². The molecule has 1 aromatic carbocycles. The molecule has 0 bridgehead atoms. The zero-order chi connectivity index (χ0) is 17.2. The number of hydrogen-bond acceptors (Lipinski definition) is 5. The quantitative estimate of drug-likeness (QED) is 0.668. The Morgan fingerprint density at radius 3 is 2.52 bits per heavy atom. The second-order valence-electron chi connectivity index (χ2n) is 5.24. The van der Waals surface area contributed by atoms with E-state index in [-0.39, 0.29) is 10.6 Å². The number of pyridine rings is 1. The van der Waals surface area contributed by atoms with Crippen LogP contribution < -0.4 is 4.72 Å². The zero-order valence-corrected chi connectivity index (χ0v) is 13.8. The van der Waals surface area contributed by atoms with Crippen molar-refractivity contribution in [3.63, 3.8) is 0 Å². The molecule has 8 heteroatoms. The first-order valence-corrected chi connectivity index (χ1v) is 8.39. The van der Waals surface area contributed by atoms with E-state index in [1.807, 2.05) is 0 Å². The fraction of sp³-hybridized carbons (Fsp3) is 0.267. The molecule has 0 saturated heterocycles. The number of aryl methyl sites for hydroxylation is 1.